The molecule has 1 atom stereocenters. The minimum Gasteiger partial charge on any atom is -0.318 e. The number of alkyl halides is 3. The fraction of sp³-hybridized carbons (Fsp3) is 0.700. The summed E-state index contributed by atoms with van der Waals surface area (Å²) in [5.74, 6) is -2.49. The molecule has 0 saturated carbocycles. The Morgan fingerprint density at radius 1 is 1.42 bits per heavy atom. The van der Waals surface area contributed by atoms with E-state index in [9.17, 15) is 27.6 Å². The van der Waals surface area contributed by atoms with Crippen molar-refractivity contribution < 1.29 is 27.6 Å². The van der Waals surface area contributed by atoms with Crippen molar-refractivity contribution in [3.05, 3.63) is 0 Å². The molecule has 1 fully saturated rings. The molecule has 0 aromatic heterocycles. The van der Waals surface area contributed by atoms with E-state index in [0.717, 1.165) is 7.05 Å². The fourth-order valence-corrected chi connectivity index (χ4v) is 1.60. The van der Waals surface area contributed by atoms with E-state index in [2.05, 4.69) is 0 Å². The Balaban J connectivity index is 3.01. The van der Waals surface area contributed by atoms with Crippen LogP contribution in [0.15, 0.2) is 0 Å². The minimum absolute atomic E-state index is 0.152. The van der Waals surface area contributed by atoms with Crippen molar-refractivity contribution in [1.29, 1.82) is 0 Å². The molecule has 0 aromatic carbocycles. The molecule has 2 N–H and O–H groups in total. The van der Waals surface area contributed by atoms with Gasteiger partial charge in [-0.2, -0.15) is 13.2 Å². The van der Waals surface area contributed by atoms with Crippen molar-refractivity contribution in [3.63, 3.8) is 0 Å². The molecule has 0 aliphatic carbocycles. The number of nitrogens with one attached hydrogen (secondary N) is 2. The van der Waals surface area contributed by atoms with Gasteiger partial charge in [-0.05, 0) is 6.42 Å². The molecule has 1 aliphatic rings. The second kappa shape index (κ2) is 5.06. The zero-order valence-corrected chi connectivity index (χ0v) is 10.4. The van der Waals surface area contributed by atoms with Gasteiger partial charge >= 0.3 is 12.2 Å². The summed E-state index contributed by atoms with van der Waals surface area (Å²) < 4.78 is 39.1. The Bertz CT molecular complexity index is 411. The summed E-state index contributed by atoms with van der Waals surface area (Å²) in [4.78, 5) is 34.5. The van der Waals surface area contributed by atoms with Crippen molar-refractivity contribution in [2.24, 2.45) is 0 Å². The van der Waals surface area contributed by atoms with Crippen LogP contribution < -0.4 is 10.6 Å². The largest absolute Gasteiger partial charge is 0.440 e. The minimum atomic E-state index is -5.12. The number of amides is 4. The zero-order chi connectivity index (χ0) is 14.8. The highest BCUT2D eigenvalue weighted by molar-refractivity contribution is 6.08. The number of hydrogen-bond donors (Lipinski definition) is 2. The van der Waals surface area contributed by atoms with Crippen LogP contribution in [-0.2, 0) is 9.59 Å². The average molecular weight is 281 g/mol. The molecule has 19 heavy (non-hydrogen) atoms. The van der Waals surface area contributed by atoms with E-state index in [4.69, 9.17) is 0 Å². The predicted octanol–water partition coefficient (Wildman–Crippen LogP) is 0.733. The maximum absolute atomic E-state index is 13.0. The van der Waals surface area contributed by atoms with Gasteiger partial charge in [0.15, 0.2) is 0 Å². The SMILES string of the molecule is CCCCC(=O)N[C@@]1(C(F)(F)F)NC(=O)N(C)C1=O. The third kappa shape index (κ3) is 2.64. The lowest BCUT2D eigenvalue weighted by Gasteiger charge is -2.29. The molecule has 0 spiro atoms. The number of hydrogen-bond acceptors (Lipinski definition) is 3. The Morgan fingerprint density at radius 2 is 2.00 bits per heavy atom. The Morgan fingerprint density at radius 3 is 2.37 bits per heavy atom. The second-order valence-corrected chi connectivity index (χ2v) is 4.19. The van der Waals surface area contributed by atoms with Crippen LogP contribution in [0.3, 0.4) is 0 Å². The van der Waals surface area contributed by atoms with E-state index >= 15 is 0 Å². The van der Waals surface area contributed by atoms with Gasteiger partial charge in [0, 0.05) is 13.5 Å². The Kier molecular flexibility index (Phi) is 4.06. The average Bonchev–Trinajstić information content (AvgIpc) is 2.51. The summed E-state index contributed by atoms with van der Waals surface area (Å²) in [6.45, 7) is 1.77. The molecular formula is C10H14F3N3O3. The van der Waals surface area contributed by atoms with Crippen LogP contribution >= 0.6 is 0 Å². The number of imide groups is 1. The van der Waals surface area contributed by atoms with E-state index in [-0.39, 0.29) is 11.3 Å². The summed E-state index contributed by atoms with van der Waals surface area (Å²) in [7, 11) is 0.906. The summed E-state index contributed by atoms with van der Waals surface area (Å²) in [5.41, 5.74) is -3.36. The number of carbonyl (C=O) groups is 3. The monoisotopic (exact) mass is 281 g/mol. The van der Waals surface area contributed by atoms with Gasteiger partial charge in [0.05, 0.1) is 0 Å². The van der Waals surface area contributed by atoms with Crippen LogP contribution in [0, 0.1) is 0 Å². The number of likely N-dealkylation sites (N-methyl/N-ethyl adjacent to an activating group) is 1. The molecule has 1 aliphatic heterocycles. The normalized spacial score (nSPS) is 23.5. The zero-order valence-electron chi connectivity index (χ0n) is 10.4. The molecule has 0 unspecified atom stereocenters. The van der Waals surface area contributed by atoms with E-state index in [1.807, 2.05) is 0 Å². The van der Waals surface area contributed by atoms with Crippen LogP contribution in [0.4, 0.5) is 18.0 Å². The predicted molar refractivity (Wildman–Crippen MR) is 57.8 cm³/mol. The van der Waals surface area contributed by atoms with Crippen molar-refractivity contribution >= 4 is 17.8 Å². The van der Waals surface area contributed by atoms with Crippen LogP contribution in [0.25, 0.3) is 0 Å². The first kappa shape index (κ1) is 15.3. The quantitative estimate of drug-likeness (QED) is 0.746. The molecule has 1 heterocycles. The van der Waals surface area contributed by atoms with Gasteiger partial charge in [0.1, 0.15) is 0 Å². The number of nitrogens with zero attached hydrogens (tertiary/aromatic N) is 1. The molecule has 1 saturated heterocycles. The molecule has 0 bridgehead atoms. The maximum atomic E-state index is 13.0. The molecule has 6 nitrogen and oxygen atoms in total. The summed E-state index contributed by atoms with van der Waals surface area (Å²) in [5, 5.41) is 3.09. The van der Waals surface area contributed by atoms with Gasteiger partial charge in [0.25, 0.3) is 11.6 Å². The van der Waals surface area contributed by atoms with E-state index < -0.39 is 29.7 Å². The lowest BCUT2D eigenvalue weighted by molar-refractivity contribution is -0.204. The molecular weight excluding hydrogens is 267 g/mol. The van der Waals surface area contributed by atoms with Crippen molar-refractivity contribution in [1.82, 2.24) is 15.5 Å². The van der Waals surface area contributed by atoms with Crippen molar-refractivity contribution in [3.8, 4) is 0 Å². The van der Waals surface area contributed by atoms with Crippen molar-refractivity contribution in [2.45, 2.75) is 38.0 Å². The van der Waals surface area contributed by atoms with Crippen LogP contribution in [0.1, 0.15) is 26.2 Å². The first-order valence-corrected chi connectivity index (χ1v) is 5.63. The molecule has 108 valence electrons. The summed E-state index contributed by atoms with van der Waals surface area (Å²) in [6.07, 6.45) is -4.27. The summed E-state index contributed by atoms with van der Waals surface area (Å²) >= 11 is 0. The third-order valence-electron chi connectivity index (χ3n) is 2.73. The number of halogens is 3. The lowest BCUT2D eigenvalue weighted by Crippen LogP contribution is -2.69. The smallest absolute Gasteiger partial charge is 0.318 e. The number of rotatable bonds is 4. The van der Waals surface area contributed by atoms with Gasteiger partial charge in [-0.1, -0.05) is 13.3 Å². The number of unbranched alkanes of at least 4 members (excludes halogenated alkanes) is 1. The summed E-state index contributed by atoms with van der Waals surface area (Å²) in [6, 6.07) is -1.21. The molecule has 1 rings (SSSR count). The molecule has 0 aromatic rings. The number of carbonyl (C=O) groups excluding carboxylic acids is 3. The van der Waals surface area contributed by atoms with Crippen LogP contribution in [-0.4, -0.2) is 41.6 Å². The van der Waals surface area contributed by atoms with Gasteiger partial charge in [-0.15, -0.1) is 0 Å². The first-order chi connectivity index (χ1) is 8.65. The van der Waals surface area contributed by atoms with Gasteiger partial charge < -0.3 is 5.32 Å². The van der Waals surface area contributed by atoms with Gasteiger partial charge in [0.2, 0.25) is 5.91 Å². The fourth-order valence-electron chi connectivity index (χ4n) is 1.60. The second-order valence-electron chi connectivity index (χ2n) is 4.19. The molecule has 4 amide bonds. The first-order valence-electron chi connectivity index (χ1n) is 5.63. The maximum Gasteiger partial charge on any atom is 0.440 e. The van der Waals surface area contributed by atoms with Gasteiger partial charge in [-0.3, -0.25) is 19.8 Å². The van der Waals surface area contributed by atoms with Gasteiger partial charge in [-0.25, -0.2) is 4.79 Å². The van der Waals surface area contributed by atoms with Crippen molar-refractivity contribution in [2.75, 3.05) is 7.05 Å². The van der Waals surface area contributed by atoms with Crippen LogP contribution in [0.2, 0.25) is 0 Å². The highest BCUT2D eigenvalue weighted by atomic mass is 19.4. The Hall–Kier alpha value is -1.80. The Labute approximate surface area is 107 Å². The standard InChI is InChI=1S/C10H14F3N3O3/c1-3-4-5-6(17)14-9(10(11,12)13)7(18)16(2)8(19)15-9/h3-5H2,1-2H3,(H,14,17)(H,15,19)/t9-/m1/s1. The van der Waals surface area contributed by atoms with Crippen LogP contribution in [0.5, 0.6) is 0 Å². The van der Waals surface area contributed by atoms with E-state index in [0.29, 0.717) is 12.8 Å². The third-order valence-corrected chi connectivity index (χ3v) is 2.73. The van der Waals surface area contributed by atoms with E-state index in [1.54, 1.807) is 12.2 Å². The number of urea groups is 1. The highest BCUT2D eigenvalue weighted by Gasteiger charge is 2.68. The molecule has 9 heteroatoms. The lowest BCUT2D eigenvalue weighted by atomic mass is 10.1. The topological polar surface area (TPSA) is 78.5 Å². The van der Waals surface area contributed by atoms with E-state index in [1.165, 1.54) is 5.32 Å². The highest BCUT2D eigenvalue weighted by Crippen LogP contribution is 2.33. The molecule has 0 radical (unpaired) electrons.